The lowest BCUT2D eigenvalue weighted by Gasteiger charge is -2.26. The Morgan fingerprint density at radius 3 is 2.34 bits per heavy atom. The van der Waals surface area contributed by atoms with Crippen molar-refractivity contribution in [3.8, 4) is 6.07 Å². The molecule has 29 heavy (non-hydrogen) atoms. The Labute approximate surface area is 167 Å². The van der Waals surface area contributed by atoms with Crippen LogP contribution >= 0.6 is 0 Å². The third-order valence-electron chi connectivity index (χ3n) is 4.35. The molecule has 3 rings (SSSR count). The summed E-state index contributed by atoms with van der Waals surface area (Å²) in [5.41, 5.74) is 0.125. The first-order chi connectivity index (χ1) is 13.8. The van der Waals surface area contributed by atoms with Gasteiger partial charge in [-0.25, -0.2) is 13.2 Å². The van der Waals surface area contributed by atoms with E-state index in [9.17, 15) is 23.1 Å². The Bertz CT molecular complexity index is 1080. The standard InChI is InChI=1S/C19H17N3O6S/c20-12-13-1-6-17(16(11-13)19(24)25)21-18(23)14-2-4-15(5-3-14)29(26,27)22-7-9-28-10-8-22/h1-6,11H,7-10H2,(H,21,23)(H,24,25). The lowest BCUT2D eigenvalue weighted by molar-refractivity contribution is 0.0698. The predicted octanol–water partition coefficient (Wildman–Crippen LogP) is 1.53. The zero-order chi connectivity index (χ0) is 21.0. The third kappa shape index (κ3) is 4.43. The molecule has 2 N–H and O–H groups in total. The highest BCUT2D eigenvalue weighted by molar-refractivity contribution is 7.89. The number of morpholine rings is 1. The van der Waals surface area contributed by atoms with Crippen molar-refractivity contribution in [1.82, 2.24) is 4.31 Å². The van der Waals surface area contributed by atoms with Gasteiger partial charge in [-0.15, -0.1) is 0 Å². The summed E-state index contributed by atoms with van der Waals surface area (Å²) in [6, 6.07) is 11.1. The van der Waals surface area contributed by atoms with E-state index in [1.165, 1.54) is 40.7 Å². The smallest absolute Gasteiger partial charge is 0.337 e. The molecule has 9 nitrogen and oxygen atoms in total. The van der Waals surface area contributed by atoms with E-state index in [0.29, 0.717) is 13.2 Å². The zero-order valence-corrected chi connectivity index (χ0v) is 16.0. The largest absolute Gasteiger partial charge is 0.478 e. The number of aromatic carboxylic acids is 1. The summed E-state index contributed by atoms with van der Waals surface area (Å²) in [5, 5.41) is 20.6. The molecule has 10 heteroatoms. The van der Waals surface area contributed by atoms with Crippen molar-refractivity contribution in [2.45, 2.75) is 4.90 Å². The first-order valence-corrected chi connectivity index (χ1v) is 10.0. The molecule has 1 amide bonds. The average molecular weight is 415 g/mol. The number of nitrogens with one attached hydrogen (secondary N) is 1. The summed E-state index contributed by atoms with van der Waals surface area (Å²) in [5.74, 6) is -1.89. The van der Waals surface area contributed by atoms with E-state index < -0.39 is 21.9 Å². The van der Waals surface area contributed by atoms with E-state index >= 15 is 0 Å². The number of carbonyl (C=O) groups is 2. The number of anilines is 1. The molecule has 2 aromatic rings. The minimum Gasteiger partial charge on any atom is -0.478 e. The van der Waals surface area contributed by atoms with Crippen LogP contribution in [0, 0.1) is 11.3 Å². The molecule has 0 radical (unpaired) electrons. The van der Waals surface area contributed by atoms with Gasteiger partial charge in [0.05, 0.1) is 41.0 Å². The third-order valence-corrected chi connectivity index (χ3v) is 6.26. The van der Waals surface area contributed by atoms with Crippen molar-refractivity contribution in [3.05, 3.63) is 59.2 Å². The SMILES string of the molecule is N#Cc1ccc(NC(=O)c2ccc(S(=O)(=O)N3CCOCC3)cc2)c(C(=O)O)c1. The summed E-state index contributed by atoms with van der Waals surface area (Å²) in [7, 11) is -3.68. The van der Waals surface area contributed by atoms with Gasteiger partial charge in [0.1, 0.15) is 0 Å². The molecule has 1 heterocycles. The molecular weight excluding hydrogens is 398 g/mol. The number of nitriles is 1. The van der Waals surface area contributed by atoms with Crippen LogP contribution in [0.2, 0.25) is 0 Å². The van der Waals surface area contributed by atoms with E-state index in [4.69, 9.17) is 10.00 Å². The van der Waals surface area contributed by atoms with Crippen molar-refractivity contribution in [3.63, 3.8) is 0 Å². The number of rotatable bonds is 5. The topological polar surface area (TPSA) is 137 Å². The van der Waals surface area contributed by atoms with Gasteiger partial charge in [-0.05, 0) is 42.5 Å². The highest BCUT2D eigenvalue weighted by Crippen LogP contribution is 2.21. The fourth-order valence-corrected chi connectivity index (χ4v) is 4.22. The van der Waals surface area contributed by atoms with Gasteiger partial charge >= 0.3 is 5.97 Å². The molecule has 150 valence electrons. The fourth-order valence-electron chi connectivity index (χ4n) is 2.81. The molecule has 0 aliphatic carbocycles. The van der Waals surface area contributed by atoms with Crippen molar-refractivity contribution >= 4 is 27.6 Å². The van der Waals surface area contributed by atoms with Crippen LogP contribution in [0.25, 0.3) is 0 Å². The molecule has 1 saturated heterocycles. The van der Waals surface area contributed by atoms with Gasteiger partial charge in [-0.2, -0.15) is 9.57 Å². The molecule has 0 aromatic heterocycles. The quantitative estimate of drug-likeness (QED) is 0.755. The Balaban J connectivity index is 1.79. The van der Waals surface area contributed by atoms with E-state index in [1.807, 2.05) is 6.07 Å². The van der Waals surface area contributed by atoms with E-state index in [-0.39, 0.29) is 40.4 Å². The number of amides is 1. The van der Waals surface area contributed by atoms with Crippen LogP contribution < -0.4 is 5.32 Å². The normalized spacial score (nSPS) is 14.7. The number of hydrogen-bond acceptors (Lipinski definition) is 6. The molecule has 0 atom stereocenters. The Morgan fingerprint density at radius 1 is 1.10 bits per heavy atom. The van der Waals surface area contributed by atoms with Crippen LogP contribution in [0.15, 0.2) is 47.4 Å². The maximum Gasteiger partial charge on any atom is 0.337 e. The summed E-state index contributed by atoms with van der Waals surface area (Å²) in [4.78, 5) is 23.9. The number of benzene rings is 2. The number of hydrogen-bond donors (Lipinski definition) is 2. The predicted molar refractivity (Wildman–Crippen MR) is 102 cm³/mol. The molecular formula is C19H17N3O6S. The Hall–Kier alpha value is -3.26. The number of carboxylic acid groups (broad SMARTS) is 1. The number of carboxylic acids is 1. The highest BCUT2D eigenvalue weighted by atomic mass is 32.2. The minimum atomic E-state index is -3.68. The molecule has 1 fully saturated rings. The van der Waals surface area contributed by atoms with Gasteiger partial charge in [0, 0.05) is 18.7 Å². The van der Waals surface area contributed by atoms with Gasteiger partial charge in [-0.3, -0.25) is 4.79 Å². The van der Waals surface area contributed by atoms with E-state index in [0.717, 1.165) is 6.07 Å². The van der Waals surface area contributed by atoms with E-state index in [1.54, 1.807) is 0 Å². The summed E-state index contributed by atoms with van der Waals surface area (Å²) >= 11 is 0. The zero-order valence-electron chi connectivity index (χ0n) is 15.2. The molecule has 0 saturated carbocycles. The maximum atomic E-state index is 12.6. The van der Waals surface area contributed by atoms with Crippen LogP contribution in [0.4, 0.5) is 5.69 Å². The van der Waals surface area contributed by atoms with Crippen LogP contribution in [0.5, 0.6) is 0 Å². The van der Waals surface area contributed by atoms with Crippen molar-refractivity contribution in [2.75, 3.05) is 31.6 Å². The van der Waals surface area contributed by atoms with Crippen LogP contribution in [-0.4, -0.2) is 56.0 Å². The van der Waals surface area contributed by atoms with Gasteiger partial charge in [-0.1, -0.05) is 0 Å². The van der Waals surface area contributed by atoms with E-state index in [2.05, 4.69) is 5.32 Å². The number of carbonyl (C=O) groups excluding carboxylic acids is 1. The van der Waals surface area contributed by atoms with Crippen LogP contribution in [0.1, 0.15) is 26.3 Å². The maximum absolute atomic E-state index is 12.6. The highest BCUT2D eigenvalue weighted by Gasteiger charge is 2.26. The lowest BCUT2D eigenvalue weighted by Crippen LogP contribution is -2.40. The second kappa shape index (κ2) is 8.40. The Kier molecular flexibility index (Phi) is 5.93. The summed E-state index contributed by atoms with van der Waals surface area (Å²) in [6.07, 6.45) is 0. The fraction of sp³-hybridized carbons (Fsp3) is 0.211. The second-order valence-electron chi connectivity index (χ2n) is 6.17. The first kappa shape index (κ1) is 20.5. The Morgan fingerprint density at radius 2 is 1.76 bits per heavy atom. The minimum absolute atomic E-state index is 0.0338. The second-order valence-corrected chi connectivity index (χ2v) is 8.11. The van der Waals surface area contributed by atoms with Crippen molar-refractivity contribution in [2.24, 2.45) is 0 Å². The molecule has 2 aromatic carbocycles. The average Bonchev–Trinajstić information content (AvgIpc) is 2.74. The molecule has 0 unspecified atom stereocenters. The molecule has 0 spiro atoms. The number of nitrogens with zero attached hydrogens (tertiary/aromatic N) is 2. The van der Waals surface area contributed by atoms with Gasteiger partial charge < -0.3 is 15.2 Å². The van der Waals surface area contributed by atoms with Gasteiger partial charge in [0.25, 0.3) is 5.91 Å². The molecule has 0 bridgehead atoms. The monoisotopic (exact) mass is 415 g/mol. The first-order valence-electron chi connectivity index (χ1n) is 8.59. The molecule has 1 aliphatic rings. The van der Waals surface area contributed by atoms with Crippen LogP contribution in [-0.2, 0) is 14.8 Å². The van der Waals surface area contributed by atoms with Gasteiger partial charge in [0.15, 0.2) is 0 Å². The van der Waals surface area contributed by atoms with Gasteiger partial charge in [0.2, 0.25) is 10.0 Å². The lowest BCUT2D eigenvalue weighted by atomic mass is 10.1. The number of ether oxygens (including phenoxy) is 1. The molecule has 1 aliphatic heterocycles. The van der Waals surface area contributed by atoms with Crippen molar-refractivity contribution < 1.29 is 27.9 Å². The summed E-state index contributed by atoms with van der Waals surface area (Å²) in [6.45, 7) is 1.19. The van der Waals surface area contributed by atoms with Crippen molar-refractivity contribution in [1.29, 1.82) is 5.26 Å². The summed E-state index contributed by atoms with van der Waals surface area (Å²) < 4.78 is 31.7. The number of sulfonamides is 1. The van der Waals surface area contributed by atoms with Crippen LogP contribution in [0.3, 0.4) is 0 Å².